The van der Waals surface area contributed by atoms with Gasteiger partial charge in [0.2, 0.25) is 0 Å². The van der Waals surface area contributed by atoms with Gasteiger partial charge in [0.1, 0.15) is 5.82 Å². The minimum Gasteiger partial charge on any atom is -0.332 e. The SMILES string of the molecule is CCC(c1nc2ccccc2c(=O)n1-c1cccc(Cl)c1)N(C)C(=O)c1ccc(C(C)(C)C)cc1. The lowest BCUT2D eigenvalue weighted by Crippen LogP contribution is -2.36. The monoisotopic (exact) mass is 487 g/mol. The Morgan fingerprint density at radius 2 is 1.71 bits per heavy atom. The molecule has 0 aliphatic carbocycles. The van der Waals surface area contributed by atoms with Crippen molar-refractivity contribution in [2.45, 2.75) is 45.6 Å². The number of nitrogens with zero attached hydrogens (tertiary/aromatic N) is 3. The summed E-state index contributed by atoms with van der Waals surface area (Å²) in [5.74, 6) is 0.373. The molecule has 3 aromatic carbocycles. The van der Waals surface area contributed by atoms with Crippen LogP contribution in [0, 0.1) is 0 Å². The van der Waals surface area contributed by atoms with Gasteiger partial charge in [0, 0.05) is 17.6 Å². The number of carbonyl (C=O) groups is 1. The second kappa shape index (κ2) is 9.67. The van der Waals surface area contributed by atoms with Gasteiger partial charge in [0.25, 0.3) is 11.5 Å². The van der Waals surface area contributed by atoms with E-state index in [4.69, 9.17) is 16.6 Å². The summed E-state index contributed by atoms with van der Waals surface area (Å²) in [7, 11) is 1.76. The number of benzene rings is 3. The molecule has 0 aliphatic rings. The fraction of sp³-hybridized carbons (Fsp3) is 0.276. The van der Waals surface area contributed by atoms with Crippen LogP contribution in [0.3, 0.4) is 0 Å². The van der Waals surface area contributed by atoms with Crippen molar-refractivity contribution in [1.29, 1.82) is 0 Å². The first kappa shape index (κ1) is 24.7. The Hall–Kier alpha value is -3.44. The maximum atomic E-state index is 13.7. The summed E-state index contributed by atoms with van der Waals surface area (Å²) in [5, 5.41) is 1.03. The molecule has 4 aromatic rings. The first-order valence-electron chi connectivity index (χ1n) is 11.8. The quantitative estimate of drug-likeness (QED) is 0.320. The summed E-state index contributed by atoms with van der Waals surface area (Å²) in [6, 6.07) is 21.7. The molecular formula is C29H30ClN3O2. The van der Waals surface area contributed by atoms with Gasteiger partial charge in [-0.15, -0.1) is 0 Å². The summed E-state index contributed by atoms with van der Waals surface area (Å²) in [6.07, 6.45) is 0.577. The molecule has 0 radical (unpaired) electrons. The van der Waals surface area contributed by atoms with E-state index < -0.39 is 6.04 Å². The number of para-hydroxylation sites is 1. The molecular weight excluding hydrogens is 458 g/mol. The van der Waals surface area contributed by atoms with Crippen molar-refractivity contribution < 1.29 is 4.79 Å². The highest BCUT2D eigenvalue weighted by molar-refractivity contribution is 6.30. The van der Waals surface area contributed by atoms with Gasteiger partial charge in [0.05, 0.1) is 22.6 Å². The molecule has 4 rings (SSSR count). The van der Waals surface area contributed by atoms with Crippen molar-refractivity contribution in [3.8, 4) is 5.69 Å². The average molecular weight is 488 g/mol. The van der Waals surface area contributed by atoms with Crippen molar-refractivity contribution in [3.63, 3.8) is 0 Å². The standard InChI is InChI=1S/C29H30ClN3O2/c1-6-25(32(5)27(34)19-14-16-20(17-15-19)29(2,3)4)26-31-24-13-8-7-12-23(24)28(35)33(26)22-11-9-10-21(30)18-22/h7-18,25H,6H2,1-5H3. The minimum atomic E-state index is -0.430. The topological polar surface area (TPSA) is 55.2 Å². The number of hydrogen-bond acceptors (Lipinski definition) is 3. The van der Waals surface area contributed by atoms with Crippen LogP contribution in [-0.4, -0.2) is 27.4 Å². The highest BCUT2D eigenvalue weighted by atomic mass is 35.5. The molecule has 1 atom stereocenters. The maximum absolute atomic E-state index is 13.7. The second-order valence-electron chi connectivity index (χ2n) is 9.78. The Balaban J connectivity index is 1.84. The van der Waals surface area contributed by atoms with Gasteiger partial charge < -0.3 is 4.90 Å². The third-order valence-corrected chi connectivity index (χ3v) is 6.57. The van der Waals surface area contributed by atoms with Gasteiger partial charge in [-0.05, 0) is 59.9 Å². The third-order valence-electron chi connectivity index (χ3n) is 6.34. The Morgan fingerprint density at radius 1 is 1.03 bits per heavy atom. The summed E-state index contributed by atoms with van der Waals surface area (Å²) >= 11 is 6.27. The fourth-order valence-corrected chi connectivity index (χ4v) is 4.51. The number of amides is 1. The van der Waals surface area contributed by atoms with Gasteiger partial charge in [0.15, 0.2) is 0 Å². The molecule has 0 aliphatic heterocycles. The highest BCUT2D eigenvalue weighted by Gasteiger charge is 2.27. The van der Waals surface area contributed by atoms with E-state index in [2.05, 4.69) is 20.8 Å². The van der Waals surface area contributed by atoms with Gasteiger partial charge >= 0.3 is 0 Å². The van der Waals surface area contributed by atoms with E-state index in [9.17, 15) is 9.59 Å². The molecule has 35 heavy (non-hydrogen) atoms. The average Bonchev–Trinajstić information content (AvgIpc) is 2.83. The number of aromatic nitrogens is 2. The molecule has 1 amide bonds. The number of fused-ring (bicyclic) bond motifs is 1. The molecule has 1 heterocycles. The van der Waals surface area contributed by atoms with Crippen molar-refractivity contribution in [1.82, 2.24) is 14.5 Å². The van der Waals surface area contributed by atoms with Crippen molar-refractivity contribution >= 4 is 28.4 Å². The number of rotatable bonds is 5. The molecule has 0 bridgehead atoms. The smallest absolute Gasteiger partial charge is 0.266 e. The summed E-state index contributed by atoms with van der Waals surface area (Å²) in [5.41, 5.74) is 2.78. The van der Waals surface area contributed by atoms with Crippen LogP contribution in [0.25, 0.3) is 16.6 Å². The van der Waals surface area contributed by atoms with E-state index in [1.165, 1.54) is 0 Å². The molecule has 0 saturated carbocycles. The van der Waals surface area contributed by atoms with E-state index >= 15 is 0 Å². The Bertz CT molecular complexity index is 1440. The van der Waals surface area contributed by atoms with Crippen LogP contribution in [0.4, 0.5) is 0 Å². The lowest BCUT2D eigenvalue weighted by molar-refractivity contribution is 0.0717. The zero-order valence-electron chi connectivity index (χ0n) is 20.7. The molecule has 1 unspecified atom stereocenters. The largest absolute Gasteiger partial charge is 0.332 e. The van der Waals surface area contributed by atoms with Crippen LogP contribution < -0.4 is 5.56 Å². The molecule has 0 saturated heterocycles. The highest BCUT2D eigenvalue weighted by Crippen LogP contribution is 2.28. The van der Waals surface area contributed by atoms with Gasteiger partial charge in [-0.3, -0.25) is 14.2 Å². The van der Waals surface area contributed by atoms with Crippen LogP contribution in [0.15, 0.2) is 77.6 Å². The van der Waals surface area contributed by atoms with Gasteiger partial charge in [-0.2, -0.15) is 0 Å². The lowest BCUT2D eigenvalue weighted by atomic mass is 9.86. The first-order chi connectivity index (χ1) is 16.6. The van der Waals surface area contributed by atoms with Crippen LogP contribution in [0.5, 0.6) is 0 Å². The van der Waals surface area contributed by atoms with Crippen LogP contribution in [-0.2, 0) is 5.41 Å². The molecule has 1 aromatic heterocycles. The van der Waals surface area contributed by atoms with E-state index in [0.717, 1.165) is 5.56 Å². The minimum absolute atomic E-state index is 0.00146. The van der Waals surface area contributed by atoms with E-state index in [-0.39, 0.29) is 16.9 Å². The fourth-order valence-electron chi connectivity index (χ4n) is 4.33. The van der Waals surface area contributed by atoms with Crippen LogP contribution in [0.2, 0.25) is 5.02 Å². The Kier molecular flexibility index (Phi) is 6.82. The third kappa shape index (κ3) is 4.87. The molecule has 6 heteroatoms. The number of halogens is 1. The molecule has 0 spiro atoms. The zero-order chi connectivity index (χ0) is 25.3. The maximum Gasteiger partial charge on any atom is 0.266 e. The Labute approximate surface area is 211 Å². The molecule has 0 N–H and O–H groups in total. The number of hydrogen-bond donors (Lipinski definition) is 0. The van der Waals surface area contributed by atoms with Gasteiger partial charge in [-0.25, -0.2) is 4.98 Å². The normalized spacial score (nSPS) is 12.5. The number of carbonyl (C=O) groups excluding carboxylic acids is 1. The zero-order valence-corrected chi connectivity index (χ0v) is 21.5. The van der Waals surface area contributed by atoms with E-state index in [1.807, 2.05) is 55.5 Å². The molecule has 0 fully saturated rings. The van der Waals surface area contributed by atoms with Crippen molar-refractivity contribution in [3.05, 3.63) is 105 Å². The lowest BCUT2D eigenvalue weighted by Gasteiger charge is -2.29. The second-order valence-corrected chi connectivity index (χ2v) is 10.2. The predicted octanol–water partition coefficient (Wildman–Crippen LogP) is 6.56. The summed E-state index contributed by atoms with van der Waals surface area (Å²) < 4.78 is 1.58. The molecule has 5 nitrogen and oxygen atoms in total. The van der Waals surface area contributed by atoms with Crippen LogP contribution >= 0.6 is 11.6 Å². The van der Waals surface area contributed by atoms with E-state index in [1.54, 1.807) is 40.8 Å². The Morgan fingerprint density at radius 3 is 2.34 bits per heavy atom. The predicted molar refractivity (Wildman–Crippen MR) is 143 cm³/mol. The first-order valence-corrected chi connectivity index (χ1v) is 12.1. The summed E-state index contributed by atoms with van der Waals surface area (Å²) in [4.78, 5) is 33.7. The van der Waals surface area contributed by atoms with Crippen molar-refractivity contribution in [2.75, 3.05) is 7.05 Å². The van der Waals surface area contributed by atoms with E-state index in [0.29, 0.717) is 39.4 Å². The van der Waals surface area contributed by atoms with Crippen molar-refractivity contribution in [2.24, 2.45) is 0 Å². The summed E-state index contributed by atoms with van der Waals surface area (Å²) in [6.45, 7) is 8.41. The molecule has 180 valence electrons. The van der Waals surface area contributed by atoms with Crippen LogP contribution in [0.1, 0.15) is 61.9 Å². The van der Waals surface area contributed by atoms with Gasteiger partial charge in [-0.1, -0.05) is 69.6 Å².